The molecule has 0 aromatic rings. The Bertz CT molecular complexity index is 1180. The van der Waals surface area contributed by atoms with E-state index in [0.717, 1.165) is 122 Å². The van der Waals surface area contributed by atoms with Crippen LogP contribution in [0.3, 0.4) is 0 Å². The lowest BCUT2D eigenvalue weighted by atomic mass is 10.0. The van der Waals surface area contributed by atoms with E-state index in [1.165, 1.54) is 83.5 Å². The highest BCUT2D eigenvalue weighted by molar-refractivity contribution is 5.71. The summed E-state index contributed by atoms with van der Waals surface area (Å²) >= 11 is 0. The van der Waals surface area contributed by atoms with Crippen LogP contribution in [0.15, 0.2) is 72.9 Å². The number of hydrogen-bond donors (Lipinski definition) is 0. The van der Waals surface area contributed by atoms with Crippen LogP contribution in [-0.2, 0) is 28.6 Å². The largest absolute Gasteiger partial charge is 0.462 e. The van der Waals surface area contributed by atoms with Gasteiger partial charge in [-0.05, 0) is 89.9 Å². The summed E-state index contributed by atoms with van der Waals surface area (Å²) in [6, 6.07) is 0. The molecule has 62 heavy (non-hydrogen) atoms. The van der Waals surface area contributed by atoms with Gasteiger partial charge in [0.2, 0.25) is 0 Å². The Labute approximate surface area is 382 Å². The van der Waals surface area contributed by atoms with Crippen LogP contribution in [0.2, 0.25) is 0 Å². The molecule has 0 aromatic heterocycles. The molecule has 0 spiro atoms. The standard InChI is InChI=1S/C56H96O6/c1-4-7-10-13-16-19-22-25-27-28-30-32-35-38-41-44-47-50-56(59)62-53(51-60-54(57)48-45-42-39-36-33-24-21-18-15-12-9-6-3)52-61-55(58)49-46-43-40-37-34-31-29-26-23-20-17-14-11-8-5-2/h8,11,16-17,19-20,25-27,29-30,32,53H,4-7,9-10,12-15,18,21-24,28,31,33-52H2,1-3H3/b11-8-,19-16-,20-17-,27-25-,29-26-,32-30-/t53-/m0/s1. The molecule has 0 saturated carbocycles. The predicted molar refractivity (Wildman–Crippen MR) is 265 cm³/mol. The summed E-state index contributed by atoms with van der Waals surface area (Å²) in [5.41, 5.74) is 0. The van der Waals surface area contributed by atoms with Crippen molar-refractivity contribution in [3.05, 3.63) is 72.9 Å². The fourth-order valence-corrected chi connectivity index (χ4v) is 7.05. The molecule has 0 aromatic carbocycles. The molecule has 0 amide bonds. The van der Waals surface area contributed by atoms with Crippen LogP contribution >= 0.6 is 0 Å². The first kappa shape index (κ1) is 58.9. The topological polar surface area (TPSA) is 78.9 Å². The molecule has 0 heterocycles. The second kappa shape index (κ2) is 50.5. The van der Waals surface area contributed by atoms with E-state index < -0.39 is 6.10 Å². The van der Waals surface area contributed by atoms with Gasteiger partial charge >= 0.3 is 17.9 Å². The van der Waals surface area contributed by atoms with Gasteiger partial charge in [-0.3, -0.25) is 14.4 Å². The van der Waals surface area contributed by atoms with Gasteiger partial charge in [-0.2, -0.15) is 0 Å². The van der Waals surface area contributed by atoms with Gasteiger partial charge in [-0.25, -0.2) is 0 Å². The second-order valence-corrected chi connectivity index (χ2v) is 17.1. The average molecular weight is 865 g/mol. The molecule has 6 heteroatoms. The van der Waals surface area contributed by atoms with Gasteiger partial charge in [-0.1, -0.05) is 209 Å². The predicted octanol–water partition coefficient (Wildman–Crippen LogP) is 17.0. The van der Waals surface area contributed by atoms with E-state index in [0.29, 0.717) is 19.3 Å². The number of carbonyl (C=O) groups is 3. The molecule has 0 aliphatic rings. The van der Waals surface area contributed by atoms with Crippen LogP contribution in [0.5, 0.6) is 0 Å². The van der Waals surface area contributed by atoms with Gasteiger partial charge in [0.25, 0.3) is 0 Å². The van der Waals surface area contributed by atoms with Crippen molar-refractivity contribution in [2.45, 2.75) is 252 Å². The zero-order chi connectivity index (χ0) is 45.1. The van der Waals surface area contributed by atoms with Crippen molar-refractivity contribution >= 4 is 17.9 Å². The summed E-state index contributed by atoms with van der Waals surface area (Å²) in [6.07, 6.45) is 63.1. The molecule has 0 unspecified atom stereocenters. The summed E-state index contributed by atoms with van der Waals surface area (Å²) < 4.78 is 16.8. The van der Waals surface area contributed by atoms with E-state index in [-0.39, 0.29) is 31.1 Å². The molecule has 6 nitrogen and oxygen atoms in total. The van der Waals surface area contributed by atoms with Crippen molar-refractivity contribution in [3.8, 4) is 0 Å². The number of hydrogen-bond acceptors (Lipinski definition) is 6. The lowest BCUT2D eigenvalue weighted by molar-refractivity contribution is -0.167. The Kier molecular flexibility index (Phi) is 47.9. The molecule has 0 N–H and O–H groups in total. The molecule has 0 fully saturated rings. The lowest BCUT2D eigenvalue weighted by Crippen LogP contribution is -2.30. The molecule has 0 aliphatic carbocycles. The highest BCUT2D eigenvalue weighted by Crippen LogP contribution is 2.14. The van der Waals surface area contributed by atoms with Gasteiger partial charge in [0.05, 0.1) is 0 Å². The fourth-order valence-electron chi connectivity index (χ4n) is 7.05. The molecular formula is C56H96O6. The van der Waals surface area contributed by atoms with E-state index in [1.807, 2.05) is 0 Å². The summed E-state index contributed by atoms with van der Waals surface area (Å²) in [6.45, 7) is 6.46. The van der Waals surface area contributed by atoms with E-state index in [2.05, 4.69) is 93.7 Å². The van der Waals surface area contributed by atoms with Gasteiger partial charge in [0.15, 0.2) is 6.10 Å². The molecule has 1 atom stereocenters. The summed E-state index contributed by atoms with van der Waals surface area (Å²) in [7, 11) is 0. The third-order valence-corrected chi connectivity index (χ3v) is 10.9. The van der Waals surface area contributed by atoms with Crippen molar-refractivity contribution < 1.29 is 28.6 Å². The van der Waals surface area contributed by atoms with Gasteiger partial charge < -0.3 is 14.2 Å². The lowest BCUT2D eigenvalue weighted by Gasteiger charge is -2.18. The Balaban J connectivity index is 4.45. The Morgan fingerprint density at radius 3 is 1.02 bits per heavy atom. The first-order valence-electron chi connectivity index (χ1n) is 25.9. The molecule has 0 saturated heterocycles. The first-order valence-corrected chi connectivity index (χ1v) is 25.9. The number of allylic oxidation sites excluding steroid dienone is 12. The Morgan fingerprint density at radius 1 is 0.339 bits per heavy atom. The highest BCUT2D eigenvalue weighted by atomic mass is 16.6. The van der Waals surface area contributed by atoms with Crippen molar-refractivity contribution in [2.75, 3.05) is 13.2 Å². The van der Waals surface area contributed by atoms with Crippen LogP contribution in [0.1, 0.15) is 245 Å². The minimum absolute atomic E-state index is 0.0889. The molecular weight excluding hydrogens is 769 g/mol. The number of rotatable bonds is 46. The van der Waals surface area contributed by atoms with Crippen molar-refractivity contribution in [1.82, 2.24) is 0 Å². The normalized spacial score (nSPS) is 12.6. The molecule has 356 valence electrons. The maximum atomic E-state index is 12.8. The maximum absolute atomic E-state index is 12.8. The quantitative estimate of drug-likeness (QED) is 0.0262. The molecule has 0 radical (unpaired) electrons. The van der Waals surface area contributed by atoms with E-state index in [4.69, 9.17) is 14.2 Å². The van der Waals surface area contributed by atoms with Gasteiger partial charge in [-0.15, -0.1) is 0 Å². The monoisotopic (exact) mass is 865 g/mol. The Morgan fingerprint density at radius 2 is 0.629 bits per heavy atom. The maximum Gasteiger partial charge on any atom is 0.306 e. The summed E-state index contributed by atoms with van der Waals surface area (Å²) in [4.78, 5) is 38.0. The van der Waals surface area contributed by atoms with Gasteiger partial charge in [0.1, 0.15) is 13.2 Å². The minimum Gasteiger partial charge on any atom is -0.462 e. The molecule has 0 aliphatic heterocycles. The highest BCUT2D eigenvalue weighted by Gasteiger charge is 2.19. The first-order chi connectivity index (χ1) is 30.5. The average Bonchev–Trinajstić information content (AvgIpc) is 3.27. The number of ether oxygens (including phenoxy) is 3. The smallest absolute Gasteiger partial charge is 0.306 e. The van der Waals surface area contributed by atoms with Crippen molar-refractivity contribution in [3.63, 3.8) is 0 Å². The van der Waals surface area contributed by atoms with Gasteiger partial charge in [0, 0.05) is 19.3 Å². The zero-order valence-electron chi connectivity index (χ0n) is 40.6. The molecule has 0 rings (SSSR count). The fraction of sp³-hybridized carbons (Fsp3) is 0.732. The summed E-state index contributed by atoms with van der Waals surface area (Å²) in [5, 5.41) is 0. The van der Waals surface area contributed by atoms with Crippen LogP contribution in [-0.4, -0.2) is 37.2 Å². The zero-order valence-corrected chi connectivity index (χ0v) is 40.6. The third kappa shape index (κ3) is 47.9. The SMILES string of the molecule is CC/C=C\C/C=C\C/C=C\CCCCCCCC(=O)OC[C@H](COC(=O)CCCCCCCCCCCCCC)OC(=O)CCCCCC/C=C\C/C=C\C/C=C\CCCCC. The third-order valence-electron chi connectivity index (χ3n) is 10.9. The van der Waals surface area contributed by atoms with Crippen molar-refractivity contribution in [1.29, 1.82) is 0 Å². The van der Waals surface area contributed by atoms with E-state index in [9.17, 15) is 14.4 Å². The van der Waals surface area contributed by atoms with Crippen LogP contribution in [0.4, 0.5) is 0 Å². The molecule has 0 bridgehead atoms. The van der Waals surface area contributed by atoms with E-state index >= 15 is 0 Å². The van der Waals surface area contributed by atoms with Crippen LogP contribution < -0.4 is 0 Å². The number of unbranched alkanes of at least 4 members (excludes halogenated alkanes) is 23. The Hall–Kier alpha value is -3.15. The van der Waals surface area contributed by atoms with E-state index in [1.54, 1.807) is 0 Å². The van der Waals surface area contributed by atoms with Crippen LogP contribution in [0, 0.1) is 0 Å². The summed E-state index contributed by atoms with van der Waals surface area (Å²) in [5.74, 6) is -0.926. The second-order valence-electron chi connectivity index (χ2n) is 17.1. The minimum atomic E-state index is -0.792. The number of carbonyl (C=O) groups excluding carboxylic acids is 3. The number of esters is 3. The van der Waals surface area contributed by atoms with Crippen LogP contribution in [0.25, 0.3) is 0 Å². The van der Waals surface area contributed by atoms with Crippen molar-refractivity contribution in [2.24, 2.45) is 0 Å².